The van der Waals surface area contributed by atoms with Gasteiger partial charge >= 0.3 is 6.18 Å². The van der Waals surface area contributed by atoms with E-state index < -0.39 is 22.4 Å². The summed E-state index contributed by atoms with van der Waals surface area (Å²) < 4.78 is 38.2. The topological polar surface area (TPSA) is 66.7 Å². The number of anilines is 1. The Morgan fingerprint density at radius 2 is 1.88 bits per heavy atom. The summed E-state index contributed by atoms with van der Waals surface area (Å²) in [6.45, 7) is 3.05. The molecule has 0 aromatic heterocycles. The summed E-state index contributed by atoms with van der Waals surface area (Å²) in [5.41, 5.74) is -1.51. The van der Waals surface area contributed by atoms with Crippen LogP contribution in [0.25, 0.3) is 0 Å². The number of nitro benzene ring substituents is 1. The molecular weight excluding hydrogens is 327 g/mol. The lowest BCUT2D eigenvalue weighted by Crippen LogP contribution is -2.48. The van der Waals surface area contributed by atoms with Gasteiger partial charge in [0.25, 0.3) is 5.69 Å². The van der Waals surface area contributed by atoms with Crippen molar-refractivity contribution in [1.82, 2.24) is 4.90 Å². The first-order chi connectivity index (χ1) is 11.2. The zero-order valence-electron chi connectivity index (χ0n) is 12.9. The van der Waals surface area contributed by atoms with Crippen molar-refractivity contribution in [2.24, 2.45) is 0 Å². The Hall–Kier alpha value is -2.58. The van der Waals surface area contributed by atoms with E-state index >= 15 is 0 Å². The summed E-state index contributed by atoms with van der Waals surface area (Å²) in [6, 6.07) is 2.50. The van der Waals surface area contributed by atoms with E-state index in [0.717, 1.165) is 12.1 Å². The van der Waals surface area contributed by atoms with Crippen molar-refractivity contribution in [3.63, 3.8) is 0 Å². The molecule has 2 rings (SSSR count). The van der Waals surface area contributed by atoms with E-state index in [2.05, 4.69) is 0 Å². The van der Waals surface area contributed by atoms with Gasteiger partial charge in [0.15, 0.2) is 0 Å². The number of carbonyl (C=O) groups is 1. The molecule has 1 aromatic rings. The Labute approximate surface area is 136 Å². The molecule has 0 N–H and O–H groups in total. The first-order valence-corrected chi connectivity index (χ1v) is 7.26. The molecule has 1 amide bonds. The predicted molar refractivity (Wildman–Crippen MR) is 81.7 cm³/mol. The number of halogens is 3. The summed E-state index contributed by atoms with van der Waals surface area (Å²) in [5.74, 6) is -0.154. The van der Waals surface area contributed by atoms with Crippen LogP contribution in [0.15, 0.2) is 30.4 Å². The molecule has 1 heterocycles. The zero-order valence-corrected chi connectivity index (χ0v) is 12.9. The number of carbonyl (C=O) groups excluding carboxylic acids is 1. The van der Waals surface area contributed by atoms with Gasteiger partial charge in [-0.05, 0) is 25.1 Å². The van der Waals surface area contributed by atoms with Gasteiger partial charge in [0.1, 0.15) is 5.69 Å². The summed E-state index contributed by atoms with van der Waals surface area (Å²) in [5, 5.41) is 11.1. The second-order valence-electron chi connectivity index (χ2n) is 5.27. The molecule has 0 bridgehead atoms. The first kappa shape index (κ1) is 17.8. The smallest absolute Gasteiger partial charge is 0.362 e. The van der Waals surface area contributed by atoms with Crippen molar-refractivity contribution < 1.29 is 22.9 Å². The van der Waals surface area contributed by atoms with E-state index in [9.17, 15) is 28.1 Å². The molecule has 1 saturated heterocycles. The van der Waals surface area contributed by atoms with Gasteiger partial charge in [-0.25, -0.2) is 0 Å². The number of hydrogen-bond donors (Lipinski definition) is 0. The quantitative estimate of drug-likeness (QED) is 0.481. The molecular formula is C15H16F3N3O3. The molecule has 1 aromatic carbocycles. The minimum absolute atomic E-state index is 0.131. The normalized spacial score (nSPS) is 15.8. The fourth-order valence-corrected chi connectivity index (χ4v) is 2.53. The van der Waals surface area contributed by atoms with E-state index in [1.54, 1.807) is 22.8 Å². The van der Waals surface area contributed by atoms with Gasteiger partial charge in [-0.1, -0.05) is 6.08 Å². The summed E-state index contributed by atoms with van der Waals surface area (Å²) >= 11 is 0. The van der Waals surface area contributed by atoms with Crippen LogP contribution in [-0.2, 0) is 11.0 Å². The van der Waals surface area contributed by atoms with Crippen LogP contribution in [-0.4, -0.2) is 41.9 Å². The number of nitro groups is 1. The van der Waals surface area contributed by atoms with E-state index in [0.29, 0.717) is 32.2 Å². The van der Waals surface area contributed by atoms with Crippen LogP contribution in [0.1, 0.15) is 12.5 Å². The predicted octanol–water partition coefficient (Wildman–Crippen LogP) is 2.84. The highest BCUT2D eigenvalue weighted by atomic mass is 19.4. The molecule has 0 spiro atoms. The SMILES string of the molecule is C/C=C/C(=O)N1CCN(c2ccc(C(F)(F)F)cc2[N+](=O)[O-])CC1. The van der Waals surface area contributed by atoms with Gasteiger partial charge in [0, 0.05) is 32.2 Å². The third kappa shape index (κ3) is 3.84. The lowest BCUT2D eigenvalue weighted by Gasteiger charge is -2.35. The van der Waals surface area contributed by atoms with E-state index in [4.69, 9.17) is 0 Å². The number of piperazine rings is 1. The Balaban J connectivity index is 2.21. The highest BCUT2D eigenvalue weighted by Crippen LogP contribution is 2.36. The molecule has 0 unspecified atom stereocenters. The molecule has 1 aliphatic heterocycles. The fraction of sp³-hybridized carbons (Fsp3) is 0.400. The Morgan fingerprint density at radius 3 is 2.38 bits per heavy atom. The van der Waals surface area contributed by atoms with Crippen molar-refractivity contribution in [1.29, 1.82) is 0 Å². The van der Waals surface area contributed by atoms with Crippen molar-refractivity contribution in [2.75, 3.05) is 31.1 Å². The molecule has 24 heavy (non-hydrogen) atoms. The van der Waals surface area contributed by atoms with E-state index in [-0.39, 0.29) is 11.6 Å². The second kappa shape index (κ2) is 6.90. The average molecular weight is 343 g/mol. The van der Waals surface area contributed by atoms with Crippen molar-refractivity contribution in [3.05, 3.63) is 46.0 Å². The van der Waals surface area contributed by atoms with Gasteiger partial charge in [0.2, 0.25) is 5.91 Å². The molecule has 1 fully saturated rings. The van der Waals surface area contributed by atoms with Crippen LogP contribution in [0.5, 0.6) is 0 Å². The number of benzene rings is 1. The lowest BCUT2D eigenvalue weighted by atomic mass is 10.1. The molecule has 6 nitrogen and oxygen atoms in total. The highest BCUT2D eigenvalue weighted by Gasteiger charge is 2.34. The number of rotatable bonds is 3. The molecule has 0 radical (unpaired) electrons. The van der Waals surface area contributed by atoms with Gasteiger partial charge < -0.3 is 9.80 Å². The minimum Gasteiger partial charge on any atom is -0.362 e. The lowest BCUT2D eigenvalue weighted by molar-refractivity contribution is -0.384. The molecule has 1 aliphatic rings. The first-order valence-electron chi connectivity index (χ1n) is 7.26. The van der Waals surface area contributed by atoms with Gasteiger partial charge in [-0.3, -0.25) is 14.9 Å². The van der Waals surface area contributed by atoms with Crippen LogP contribution in [0.4, 0.5) is 24.5 Å². The Bertz CT molecular complexity index is 666. The van der Waals surface area contributed by atoms with Gasteiger partial charge in [0.05, 0.1) is 10.5 Å². The number of allylic oxidation sites excluding steroid dienone is 1. The molecule has 0 saturated carbocycles. The molecule has 130 valence electrons. The average Bonchev–Trinajstić information content (AvgIpc) is 2.53. The molecule has 0 atom stereocenters. The molecule has 9 heteroatoms. The standard InChI is InChI=1S/C15H16F3N3O3/c1-2-3-14(22)20-8-6-19(7-9-20)12-5-4-11(15(16,17)18)10-13(12)21(23)24/h2-5,10H,6-9H2,1H3/b3-2+. The number of nitrogens with zero attached hydrogens (tertiary/aromatic N) is 3. The van der Waals surface area contributed by atoms with Crippen LogP contribution >= 0.6 is 0 Å². The summed E-state index contributed by atoms with van der Waals surface area (Å²) in [4.78, 5) is 25.3. The second-order valence-corrected chi connectivity index (χ2v) is 5.27. The Morgan fingerprint density at radius 1 is 1.25 bits per heavy atom. The molecule has 0 aliphatic carbocycles. The van der Waals surface area contributed by atoms with Crippen LogP contribution in [0.3, 0.4) is 0 Å². The summed E-state index contributed by atoms with van der Waals surface area (Å²) in [6.07, 6.45) is -1.59. The maximum absolute atomic E-state index is 12.7. The van der Waals surface area contributed by atoms with Gasteiger partial charge in [-0.2, -0.15) is 13.2 Å². The third-order valence-electron chi connectivity index (χ3n) is 3.74. The van der Waals surface area contributed by atoms with Crippen LogP contribution in [0, 0.1) is 10.1 Å². The van der Waals surface area contributed by atoms with Crippen LogP contribution in [0.2, 0.25) is 0 Å². The maximum Gasteiger partial charge on any atom is 0.416 e. The van der Waals surface area contributed by atoms with Gasteiger partial charge in [-0.15, -0.1) is 0 Å². The fourth-order valence-electron chi connectivity index (χ4n) is 2.53. The zero-order chi connectivity index (χ0) is 17.9. The summed E-state index contributed by atoms with van der Waals surface area (Å²) in [7, 11) is 0. The maximum atomic E-state index is 12.7. The number of hydrogen-bond acceptors (Lipinski definition) is 4. The van der Waals surface area contributed by atoms with Crippen molar-refractivity contribution >= 4 is 17.3 Å². The van der Waals surface area contributed by atoms with Crippen molar-refractivity contribution in [3.8, 4) is 0 Å². The number of amides is 1. The number of alkyl halides is 3. The monoisotopic (exact) mass is 343 g/mol. The van der Waals surface area contributed by atoms with Crippen molar-refractivity contribution in [2.45, 2.75) is 13.1 Å². The largest absolute Gasteiger partial charge is 0.416 e. The highest BCUT2D eigenvalue weighted by molar-refractivity contribution is 5.87. The van der Waals surface area contributed by atoms with Crippen LogP contribution < -0.4 is 4.90 Å². The third-order valence-corrected chi connectivity index (χ3v) is 3.74. The van der Waals surface area contributed by atoms with E-state index in [1.165, 1.54) is 6.08 Å². The minimum atomic E-state index is -4.64. The Kier molecular flexibility index (Phi) is 5.10. The van der Waals surface area contributed by atoms with E-state index in [1.807, 2.05) is 0 Å².